The fourth-order valence-corrected chi connectivity index (χ4v) is 2.69. The van der Waals surface area contributed by atoms with Gasteiger partial charge in [0, 0.05) is 19.2 Å². The molecular weight excluding hydrogens is 276 g/mol. The topological polar surface area (TPSA) is 49.4 Å². The van der Waals surface area contributed by atoms with Crippen LogP contribution in [0.2, 0.25) is 0 Å². The fraction of sp³-hybridized carbons (Fsp3) is 0.444. The van der Waals surface area contributed by atoms with E-state index in [-0.39, 0.29) is 17.9 Å². The van der Waals surface area contributed by atoms with E-state index >= 15 is 0 Å². The highest BCUT2D eigenvalue weighted by Gasteiger charge is 2.31. The summed E-state index contributed by atoms with van der Waals surface area (Å²) in [6, 6.07) is 9.92. The molecule has 1 fully saturated rings. The highest BCUT2D eigenvalue weighted by molar-refractivity contribution is 5.94. The molecule has 0 spiro atoms. The lowest BCUT2D eigenvalue weighted by atomic mass is 10.1. The maximum absolute atomic E-state index is 12.3. The molecule has 0 aromatic heterocycles. The number of allylic oxidation sites excluding steroid dienone is 1. The van der Waals surface area contributed by atoms with Crippen LogP contribution in [0.25, 0.3) is 0 Å². The summed E-state index contributed by atoms with van der Waals surface area (Å²) in [7, 11) is 0. The summed E-state index contributed by atoms with van der Waals surface area (Å²) >= 11 is 0. The van der Waals surface area contributed by atoms with Gasteiger partial charge in [-0.25, -0.2) is 0 Å². The molecule has 1 N–H and O–H groups in total. The highest BCUT2D eigenvalue weighted by atomic mass is 16.2. The normalized spacial score (nSPS) is 17.5. The highest BCUT2D eigenvalue weighted by Crippen LogP contribution is 2.13. The second-order valence-corrected chi connectivity index (χ2v) is 5.99. The summed E-state index contributed by atoms with van der Waals surface area (Å²) in [5, 5.41) is 2.79. The first-order valence-corrected chi connectivity index (χ1v) is 7.84. The molecule has 22 heavy (non-hydrogen) atoms. The predicted octanol–water partition coefficient (Wildman–Crippen LogP) is 2.30. The first-order valence-electron chi connectivity index (χ1n) is 7.84. The lowest BCUT2D eigenvalue weighted by Gasteiger charge is -2.16. The van der Waals surface area contributed by atoms with Gasteiger partial charge in [-0.1, -0.05) is 35.9 Å². The van der Waals surface area contributed by atoms with E-state index < -0.39 is 0 Å². The molecule has 0 aliphatic carbocycles. The van der Waals surface area contributed by atoms with E-state index in [4.69, 9.17) is 0 Å². The second-order valence-electron chi connectivity index (χ2n) is 5.99. The summed E-state index contributed by atoms with van der Waals surface area (Å²) in [5.74, 6) is -0.131. The maximum atomic E-state index is 12.3. The zero-order valence-electron chi connectivity index (χ0n) is 13.3. The summed E-state index contributed by atoms with van der Waals surface area (Å²) < 4.78 is 0. The van der Waals surface area contributed by atoms with Crippen LogP contribution in [0, 0.1) is 0 Å². The van der Waals surface area contributed by atoms with Crippen molar-refractivity contribution in [3.8, 4) is 0 Å². The predicted molar refractivity (Wildman–Crippen MR) is 87.3 cm³/mol. The standard InChI is InChI=1S/C18H24N2O2/c1-14(2)13-17(21)19-16-10-12-20(18(16)22)11-6-9-15-7-4-3-5-8-15/h3-5,7-8,13,16H,6,9-12H2,1-2H3,(H,19,21)/t16-/m0/s1. The Balaban J connectivity index is 1.76. The number of rotatable bonds is 6. The van der Waals surface area contributed by atoms with Gasteiger partial charge in [0.2, 0.25) is 11.8 Å². The molecule has 4 nitrogen and oxygen atoms in total. The molecule has 1 aromatic rings. The Morgan fingerprint density at radius 2 is 2.05 bits per heavy atom. The molecule has 2 amide bonds. The Morgan fingerprint density at radius 1 is 1.32 bits per heavy atom. The Labute approximate surface area is 132 Å². The van der Waals surface area contributed by atoms with Crippen LogP contribution >= 0.6 is 0 Å². The number of nitrogens with one attached hydrogen (secondary N) is 1. The Morgan fingerprint density at radius 3 is 2.73 bits per heavy atom. The average Bonchev–Trinajstić information content (AvgIpc) is 2.80. The number of nitrogens with zero attached hydrogens (tertiary/aromatic N) is 1. The molecule has 0 unspecified atom stereocenters. The zero-order valence-corrected chi connectivity index (χ0v) is 13.3. The number of hydrogen-bond acceptors (Lipinski definition) is 2. The molecule has 1 aliphatic rings. The maximum Gasteiger partial charge on any atom is 0.245 e. The minimum absolute atomic E-state index is 0.0450. The van der Waals surface area contributed by atoms with Crippen molar-refractivity contribution in [1.29, 1.82) is 0 Å². The summed E-state index contributed by atoms with van der Waals surface area (Å²) in [4.78, 5) is 25.8. The smallest absolute Gasteiger partial charge is 0.245 e. The van der Waals surface area contributed by atoms with Crippen LogP contribution in [-0.2, 0) is 16.0 Å². The van der Waals surface area contributed by atoms with Crippen molar-refractivity contribution >= 4 is 11.8 Å². The van der Waals surface area contributed by atoms with E-state index in [9.17, 15) is 9.59 Å². The van der Waals surface area contributed by atoms with E-state index in [1.54, 1.807) is 0 Å². The van der Waals surface area contributed by atoms with Gasteiger partial charge in [0.1, 0.15) is 6.04 Å². The van der Waals surface area contributed by atoms with Gasteiger partial charge in [-0.2, -0.15) is 0 Å². The number of hydrogen-bond donors (Lipinski definition) is 1. The zero-order chi connectivity index (χ0) is 15.9. The molecule has 4 heteroatoms. The molecule has 118 valence electrons. The summed E-state index contributed by atoms with van der Waals surface area (Å²) in [6.07, 6.45) is 4.15. The molecule has 1 heterocycles. The van der Waals surface area contributed by atoms with Crippen LogP contribution < -0.4 is 5.32 Å². The third-order valence-electron chi connectivity index (χ3n) is 3.77. The van der Waals surface area contributed by atoms with Crippen LogP contribution in [0.15, 0.2) is 42.0 Å². The SMILES string of the molecule is CC(C)=CC(=O)N[C@H]1CCN(CCCc2ccccc2)C1=O. The Kier molecular flexibility index (Phi) is 5.75. The number of benzene rings is 1. The van der Waals surface area contributed by atoms with Crippen LogP contribution in [0.1, 0.15) is 32.3 Å². The number of carbonyl (C=O) groups is 2. The average molecular weight is 300 g/mol. The van der Waals surface area contributed by atoms with Gasteiger partial charge in [0.05, 0.1) is 0 Å². The second kappa shape index (κ2) is 7.78. The number of carbonyl (C=O) groups excluding carboxylic acids is 2. The van der Waals surface area contributed by atoms with Crippen molar-refractivity contribution in [3.05, 3.63) is 47.5 Å². The van der Waals surface area contributed by atoms with Crippen molar-refractivity contribution in [3.63, 3.8) is 0 Å². The van der Waals surface area contributed by atoms with Crippen LogP contribution in [0.3, 0.4) is 0 Å². The molecule has 1 aliphatic heterocycles. The third-order valence-corrected chi connectivity index (χ3v) is 3.77. The van der Waals surface area contributed by atoms with E-state index in [2.05, 4.69) is 17.4 Å². The fourth-order valence-electron chi connectivity index (χ4n) is 2.69. The van der Waals surface area contributed by atoms with E-state index in [0.29, 0.717) is 6.42 Å². The van der Waals surface area contributed by atoms with Gasteiger partial charge in [-0.05, 0) is 38.7 Å². The monoisotopic (exact) mass is 300 g/mol. The van der Waals surface area contributed by atoms with Crippen molar-refractivity contribution in [2.24, 2.45) is 0 Å². The summed E-state index contributed by atoms with van der Waals surface area (Å²) in [6.45, 7) is 5.22. The quantitative estimate of drug-likeness (QED) is 0.820. The number of aryl methyl sites for hydroxylation is 1. The first-order chi connectivity index (χ1) is 10.6. The molecule has 1 aromatic carbocycles. The minimum Gasteiger partial charge on any atom is -0.341 e. The number of likely N-dealkylation sites (tertiary alicyclic amines) is 1. The van der Waals surface area contributed by atoms with Crippen molar-refractivity contribution in [2.45, 2.75) is 39.2 Å². The van der Waals surface area contributed by atoms with Gasteiger partial charge in [0.15, 0.2) is 0 Å². The lowest BCUT2D eigenvalue weighted by molar-refractivity contribution is -0.131. The van der Waals surface area contributed by atoms with Gasteiger partial charge in [-0.15, -0.1) is 0 Å². The molecule has 0 bridgehead atoms. The molecule has 0 saturated carbocycles. The van der Waals surface area contributed by atoms with E-state index in [1.807, 2.05) is 36.9 Å². The van der Waals surface area contributed by atoms with Gasteiger partial charge < -0.3 is 10.2 Å². The van der Waals surface area contributed by atoms with Crippen molar-refractivity contribution in [1.82, 2.24) is 10.2 Å². The molecule has 2 rings (SSSR count). The van der Waals surface area contributed by atoms with Crippen molar-refractivity contribution < 1.29 is 9.59 Å². The van der Waals surface area contributed by atoms with E-state index in [0.717, 1.165) is 31.5 Å². The Bertz CT molecular complexity index is 547. The van der Waals surface area contributed by atoms with E-state index in [1.165, 1.54) is 11.6 Å². The molecule has 1 saturated heterocycles. The number of amides is 2. The third kappa shape index (κ3) is 4.72. The molecular formula is C18H24N2O2. The van der Waals surface area contributed by atoms with Gasteiger partial charge in [0.25, 0.3) is 0 Å². The summed E-state index contributed by atoms with van der Waals surface area (Å²) in [5.41, 5.74) is 2.23. The van der Waals surface area contributed by atoms with Gasteiger partial charge in [-0.3, -0.25) is 9.59 Å². The molecule has 1 atom stereocenters. The lowest BCUT2D eigenvalue weighted by Crippen LogP contribution is -2.41. The van der Waals surface area contributed by atoms with Crippen LogP contribution in [0.4, 0.5) is 0 Å². The molecule has 0 radical (unpaired) electrons. The van der Waals surface area contributed by atoms with Crippen LogP contribution in [0.5, 0.6) is 0 Å². The largest absolute Gasteiger partial charge is 0.341 e. The van der Waals surface area contributed by atoms with Gasteiger partial charge >= 0.3 is 0 Å². The first kappa shape index (κ1) is 16.3. The van der Waals surface area contributed by atoms with Crippen molar-refractivity contribution in [2.75, 3.05) is 13.1 Å². The van der Waals surface area contributed by atoms with Crippen LogP contribution in [-0.4, -0.2) is 35.8 Å². The Hall–Kier alpha value is -2.10. The minimum atomic E-state index is -0.361.